The van der Waals surface area contributed by atoms with Crippen LogP contribution in [0.1, 0.15) is 70.6 Å². The number of aryl methyl sites for hydroxylation is 1. The molecule has 0 aliphatic heterocycles. The molecule has 12 heteroatoms. The fourth-order valence-electron chi connectivity index (χ4n) is 3.56. The number of hydrogen-bond donors (Lipinski definition) is 5. The number of anilines is 1. The van der Waals surface area contributed by atoms with Crippen LogP contribution in [-0.4, -0.2) is 65.0 Å². The summed E-state index contributed by atoms with van der Waals surface area (Å²) in [5, 5.41) is 14.5. The molecule has 0 radical (unpaired) electrons. The Kier molecular flexibility index (Phi) is 9.24. The third-order valence-electron chi connectivity index (χ3n) is 5.96. The molecule has 3 rings (SSSR count). The number of carbonyl (C=O) groups excluding carboxylic acids is 4. The maximum Gasteiger partial charge on any atom is 0.419 e. The van der Waals surface area contributed by atoms with E-state index in [0.29, 0.717) is 28.9 Å². The molecule has 204 valence electrons. The first-order valence-electron chi connectivity index (χ1n) is 12.4. The molecular weight excluding hydrogens is 492 g/mol. The van der Waals surface area contributed by atoms with Crippen molar-refractivity contribution in [2.45, 2.75) is 59.0 Å². The molecular formula is C26H34N6O6. The van der Waals surface area contributed by atoms with Crippen LogP contribution in [0.5, 0.6) is 0 Å². The molecule has 1 aliphatic carbocycles. The monoisotopic (exact) mass is 526 g/mol. The van der Waals surface area contributed by atoms with E-state index in [9.17, 15) is 19.2 Å². The van der Waals surface area contributed by atoms with Crippen molar-refractivity contribution in [3.8, 4) is 0 Å². The number of rotatable bonds is 10. The molecule has 1 aromatic heterocycles. The van der Waals surface area contributed by atoms with Crippen molar-refractivity contribution in [1.82, 2.24) is 15.2 Å². The third-order valence-corrected chi connectivity index (χ3v) is 5.96. The average Bonchev–Trinajstić information content (AvgIpc) is 3.60. The van der Waals surface area contributed by atoms with E-state index in [2.05, 4.69) is 15.6 Å². The van der Waals surface area contributed by atoms with Gasteiger partial charge in [0.2, 0.25) is 6.79 Å². The molecule has 0 spiro atoms. The number of carbonyl (C=O) groups is 4. The van der Waals surface area contributed by atoms with Gasteiger partial charge in [-0.3, -0.25) is 19.8 Å². The molecule has 1 saturated carbocycles. The van der Waals surface area contributed by atoms with Gasteiger partial charge in [0, 0.05) is 30.0 Å². The second-order valence-electron chi connectivity index (χ2n) is 9.22. The smallest absolute Gasteiger partial charge is 0.419 e. The van der Waals surface area contributed by atoms with Crippen molar-refractivity contribution >= 4 is 35.4 Å². The van der Waals surface area contributed by atoms with Gasteiger partial charge in [-0.1, -0.05) is 13.0 Å². The number of nitrogens with zero attached hydrogens (tertiary/aromatic N) is 1. The minimum absolute atomic E-state index is 0.0168. The molecule has 1 unspecified atom stereocenters. The lowest BCUT2D eigenvalue weighted by Gasteiger charge is -2.20. The highest BCUT2D eigenvalue weighted by Gasteiger charge is 2.28. The zero-order valence-electron chi connectivity index (χ0n) is 22.0. The molecule has 0 saturated heterocycles. The van der Waals surface area contributed by atoms with Crippen LogP contribution in [0.4, 0.5) is 10.5 Å². The van der Waals surface area contributed by atoms with E-state index in [0.717, 1.165) is 23.3 Å². The van der Waals surface area contributed by atoms with Crippen molar-refractivity contribution in [2.75, 3.05) is 18.7 Å². The van der Waals surface area contributed by atoms with Gasteiger partial charge >= 0.3 is 12.1 Å². The van der Waals surface area contributed by atoms with Gasteiger partial charge in [0.05, 0.1) is 11.3 Å². The number of hydrogen-bond acceptors (Lipinski definition) is 8. The number of ether oxygens (including phenoxy) is 2. The van der Waals surface area contributed by atoms with Crippen molar-refractivity contribution in [3.63, 3.8) is 0 Å². The summed E-state index contributed by atoms with van der Waals surface area (Å²) in [5.74, 6) is -1.55. The number of amides is 3. The fraction of sp³-hybridized carbons (Fsp3) is 0.423. The van der Waals surface area contributed by atoms with E-state index in [1.54, 1.807) is 32.0 Å². The van der Waals surface area contributed by atoms with E-state index < -0.39 is 30.8 Å². The number of amidine groups is 1. The Hall–Kier alpha value is -4.19. The van der Waals surface area contributed by atoms with Crippen LogP contribution in [-0.2, 0) is 14.3 Å². The lowest BCUT2D eigenvalue weighted by Crippen LogP contribution is -2.39. The molecule has 2 aromatic rings. The zero-order chi connectivity index (χ0) is 28.0. The largest absolute Gasteiger partial charge is 0.427 e. The van der Waals surface area contributed by atoms with Gasteiger partial charge in [-0.25, -0.2) is 9.69 Å². The van der Waals surface area contributed by atoms with Crippen molar-refractivity contribution in [2.24, 2.45) is 5.73 Å². The van der Waals surface area contributed by atoms with Crippen LogP contribution >= 0.6 is 0 Å². The van der Waals surface area contributed by atoms with Gasteiger partial charge in [0.25, 0.3) is 11.8 Å². The SMILES string of the molecule is CCCN(C(=O)OCOC(=O)C(C)N)C(=O)c1c[nH]c(C(=N)Nc2cc(C(=O)NC3CC3)ccc2C)c1C. The van der Waals surface area contributed by atoms with Gasteiger partial charge < -0.3 is 30.8 Å². The van der Waals surface area contributed by atoms with Crippen LogP contribution in [0.3, 0.4) is 0 Å². The number of aromatic nitrogens is 1. The van der Waals surface area contributed by atoms with Crippen LogP contribution < -0.4 is 16.4 Å². The maximum absolute atomic E-state index is 13.2. The van der Waals surface area contributed by atoms with Gasteiger partial charge in [-0.15, -0.1) is 0 Å². The highest BCUT2D eigenvalue weighted by atomic mass is 16.7. The van der Waals surface area contributed by atoms with Crippen LogP contribution in [0.2, 0.25) is 0 Å². The average molecular weight is 527 g/mol. The minimum Gasteiger partial charge on any atom is -0.427 e. The first kappa shape index (κ1) is 28.4. The van der Waals surface area contributed by atoms with Gasteiger partial charge in [-0.05, 0) is 63.3 Å². The summed E-state index contributed by atoms with van der Waals surface area (Å²) in [5.41, 5.74) is 8.27. The summed E-state index contributed by atoms with van der Waals surface area (Å²) < 4.78 is 9.68. The molecule has 1 fully saturated rings. The fourth-order valence-corrected chi connectivity index (χ4v) is 3.56. The Bertz CT molecular complexity index is 1230. The Morgan fingerprint density at radius 1 is 1.21 bits per heavy atom. The summed E-state index contributed by atoms with van der Waals surface area (Å²) in [6.45, 7) is 6.13. The second kappa shape index (κ2) is 12.4. The summed E-state index contributed by atoms with van der Waals surface area (Å²) in [7, 11) is 0. The van der Waals surface area contributed by atoms with Crippen molar-refractivity contribution in [1.29, 1.82) is 5.41 Å². The summed E-state index contributed by atoms with van der Waals surface area (Å²) in [4.78, 5) is 53.5. The lowest BCUT2D eigenvalue weighted by molar-refractivity contribution is -0.153. The molecule has 12 nitrogen and oxygen atoms in total. The molecule has 38 heavy (non-hydrogen) atoms. The highest BCUT2D eigenvalue weighted by Crippen LogP contribution is 2.23. The Labute approximate surface area is 220 Å². The highest BCUT2D eigenvalue weighted by molar-refractivity contribution is 6.10. The Balaban J connectivity index is 1.71. The van der Waals surface area contributed by atoms with Gasteiger partial charge in [0.1, 0.15) is 11.9 Å². The molecule has 6 N–H and O–H groups in total. The van der Waals surface area contributed by atoms with E-state index in [-0.39, 0.29) is 29.9 Å². The van der Waals surface area contributed by atoms with Crippen LogP contribution in [0.25, 0.3) is 0 Å². The standard InChI is InChI=1S/C26H34N6O6/c1-5-10-32(26(36)38-13-37-25(35)16(4)27)24(34)19-12-29-21(15(19)3)22(28)31-20-11-17(7-6-14(20)2)23(33)30-18-8-9-18/h6-7,11-12,16,18,29H,5,8-10,13,27H2,1-4H3,(H2,28,31)(H,30,33). The number of aromatic amines is 1. The lowest BCUT2D eigenvalue weighted by atomic mass is 10.1. The number of esters is 1. The van der Waals surface area contributed by atoms with Gasteiger partial charge in [0.15, 0.2) is 0 Å². The predicted molar refractivity (Wildman–Crippen MR) is 140 cm³/mol. The zero-order valence-corrected chi connectivity index (χ0v) is 22.0. The van der Waals surface area contributed by atoms with E-state index in [4.69, 9.17) is 20.6 Å². The number of benzene rings is 1. The molecule has 1 heterocycles. The Morgan fingerprint density at radius 2 is 1.92 bits per heavy atom. The van der Waals surface area contributed by atoms with Gasteiger partial charge in [-0.2, -0.15) is 0 Å². The summed E-state index contributed by atoms with van der Waals surface area (Å²) in [6.07, 6.45) is 2.88. The summed E-state index contributed by atoms with van der Waals surface area (Å²) >= 11 is 0. The number of nitrogens with one attached hydrogen (secondary N) is 4. The molecule has 0 bridgehead atoms. The first-order chi connectivity index (χ1) is 18.0. The molecule has 1 aromatic carbocycles. The molecule has 1 aliphatic rings. The first-order valence-corrected chi connectivity index (χ1v) is 12.4. The topological polar surface area (TPSA) is 180 Å². The predicted octanol–water partition coefficient (Wildman–Crippen LogP) is 2.80. The van der Waals surface area contributed by atoms with Crippen LogP contribution in [0.15, 0.2) is 24.4 Å². The van der Waals surface area contributed by atoms with Crippen molar-refractivity contribution in [3.05, 3.63) is 52.3 Å². The molecule has 1 atom stereocenters. The number of nitrogens with two attached hydrogens (primary N) is 1. The summed E-state index contributed by atoms with van der Waals surface area (Å²) in [6, 6.07) is 4.57. The van der Waals surface area contributed by atoms with Crippen LogP contribution in [0, 0.1) is 19.3 Å². The van der Waals surface area contributed by atoms with E-state index >= 15 is 0 Å². The normalized spacial score (nSPS) is 13.3. The van der Waals surface area contributed by atoms with E-state index in [1.165, 1.54) is 13.1 Å². The number of imide groups is 1. The minimum atomic E-state index is -0.971. The Morgan fingerprint density at radius 3 is 2.55 bits per heavy atom. The number of H-pyrrole nitrogens is 1. The van der Waals surface area contributed by atoms with Crippen molar-refractivity contribution < 1.29 is 28.7 Å². The second-order valence-corrected chi connectivity index (χ2v) is 9.22. The molecule has 3 amide bonds. The maximum atomic E-state index is 13.2. The third kappa shape index (κ3) is 6.97. The quantitative estimate of drug-likeness (QED) is 0.136. The van der Waals surface area contributed by atoms with E-state index in [1.807, 2.05) is 6.92 Å².